The number of likely N-dealkylation sites (N-methyl/N-ethyl adjacent to an activating group) is 1. The standard InChI is InChI=1S/C10H11BrClNO2/c1-2-13-10(14)6-15-7-3-4-9(12)8(11)5-7/h3-5H,2,6H2,1H3,(H,13,14). The minimum atomic E-state index is -0.136. The van der Waals surface area contributed by atoms with Gasteiger partial charge in [-0.2, -0.15) is 0 Å². The highest BCUT2D eigenvalue weighted by Crippen LogP contribution is 2.26. The van der Waals surface area contributed by atoms with Gasteiger partial charge in [-0.3, -0.25) is 4.79 Å². The third-order valence-electron chi connectivity index (χ3n) is 1.63. The molecule has 0 spiro atoms. The summed E-state index contributed by atoms with van der Waals surface area (Å²) in [6, 6.07) is 5.15. The first-order valence-corrected chi connectivity index (χ1v) is 5.65. The van der Waals surface area contributed by atoms with E-state index in [9.17, 15) is 4.79 Å². The zero-order valence-corrected chi connectivity index (χ0v) is 10.6. The van der Waals surface area contributed by atoms with Gasteiger partial charge in [-0.25, -0.2) is 0 Å². The molecule has 0 heterocycles. The Morgan fingerprint density at radius 3 is 2.93 bits per heavy atom. The molecule has 3 nitrogen and oxygen atoms in total. The molecule has 15 heavy (non-hydrogen) atoms. The fourth-order valence-electron chi connectivity index (χ4n) is 0.964. The Bertz CT molecular complexity index is 357. The maximum Gasteiger partial charge on any atom is 0.257 e. The Balaban J connectivity index is 2.51. The van der Waals surface area contributed by atoms with E-state index in [1.54, 1.807) is 18.2 Å². The van der Waals surface area contributed by atoms with Crippen molar-refractivity contribution in [1.29, 1.82) is 0 Å². The lowest BCUT2D eigenvalue weighted by Crippen LogP contribution is -2.28. The van der Waals surface area contributed by atoms with Gasteiger partial charge in [-0.1, -0.05) is 11.6 Å². The van der Waals surface area contributed by atoms with Crippen molar-refractivity contribution in [3.8, 4) is 5.75 Å². The van der Waals surface area contributed by atoms with Crippen LogP contribution in [0.1, 0.15) is 6.92 Å². The average molecular weight is 293 g/mol. The molecule has 1 aromatic rings. The zero-order valence-electron chi connectivity index (χ0n) is 8.22. The molecule has 0 unspecified atom stereocenters. The summed E-state index contributed by atoms with van der Waals surface area (Å²) in [4.78, 5) is 11.1. The van der Waals surface area contributed by atoms with Crippen LogP contribution in [0.25, 0.3) is 0 Å². The van der Waals surface area contributed by atoms with E-state index in [-0.39, 0.29) is 12.5 Å². The van der Waals surface area contributed by atoms with Crippen molar-refractivity contribution < 1.29 is 9.53 Å². The molecular formula is C10H11BrClNO2. The van der Waals surface area contributed by atoms with Gasteiger partial charge in [0.25, 0.3) is 5.91 Å². The Morgan fingerprint density at radius 1 is 1.60 bits per heavy atom. The summed E-state index contributed by atoms with van der Waals surface area (Å²) in [7, 11) is 0. The summed E-state index contributed by atoms with van der Waals surface area (Å²) < 4.78 is 6.00. The van der Waals surface area contributed by atoms with Gasteiger partial charge in [0, 0.05) is 11.0 Å². The molecular weight excluding hydrogens is 281 g/mol. The SMILES string of the molecule is CCNC(=O)COc1ccc(Cl)c(Br)c1. The third-order valence-corrected chi connectivity index (χ3v) is 2.85. The van der Waals surface area contributed by atoms with Crippen LogP contribution < -0.4 is 10.1 Å². The van der Waals surface area contributed by atoms with E-state index in [0.717, 1.165) is 4.47 Å². The highest BCUT2D eigenvalue weighted by atomic mass is 79.9. The quantitative estimate of drug-likeness (QED) is 0.926. The number of carbonyl (C=O) groups is 1. The molecule has 0 saturated heterocycles. The molecule has 0 aliphatic rings. The molecule has 5 heteroatoms. The smallest absolute Gasteiger partial charge is 0.257 e. The number of hydrogen-bond donors (Lipinski definition) is 1. The lowest BCUT2D eigenvalue weighted by Gasteiger charge is -2.06. The van der Waals surface area contributed by atoms with E-state index in [1.807, 2.05) is 6.92 Å². The van der Waals surface area contributed by atoms with E-state index in [1.165, 1.54) is 0 Å². The van der Waals surface area contributed by atoms with Crippen LogP contribution in [0.3, 0.4) is 0 Å². The molecule has 0 aliphatic heterocycles. The second-order valence-electron chi connectivity index (χ2n) is 2.82. The largest absolute Gasteiger partial charge is 0.484 e. The number of amides is 1. The summed E-state index contributed by atoms with van der Waals surface area (Å²) in [5.41, 5.74) is 0. The van der Waals surface area contributed by atoms with E-state index < -0.39 is 0 Å². The van der Waals surface area contributed by atoms with Crippen LogP contribution in [0, 0.1) is 0 Å². The van der Waals surface area contributed by atoms with Crippen molar-refractivity contribution >= 4 is 33.4 Å². The maximum absolute atomic E-state index is 11.1. The van der Waals surface area contributed by atoms with Gasteiger partial charge in [0.05, 0.1) is 5.02 Å². The van der Waals surface area contributed by atoms with Gasteiger partial charge in [0.2, 0.25) is 0 Å². The van der Waals surface area contributed by atoms with Crippen LogP contribution in [0.4, 0.5) is 0 Å². The molecule has 1 rings (SSSR count). The van der Waals surface area contributed by atoms with Crippen molar-refractivity contribution in [2.75, 3.05) is 13.2 Å². The Hall–Kier alpha value is -0.740. The van der Waals surface area contributed by atoms with E-state index in [4.69, 9.17) is 16.3 Å². The molecule has 1 amide bonds. The van der Waals surface area contributed by atoms with Gasteiger partial charge in [0.15, 0.2) is 6.61 Å². The van der Waals surface area contributed by atoms with E-state index in [2.05, 4.69) is 21.2 Å². The fourth-order valence-corrected chi connectivity index (χ4v) is 1.44. The van der Waals surface area contributed by atoms with Crippen LogP contribution in [0.2, 0.25) is 5.02 Å². The number of carbonyl (C=O) groups excluding carboxylic acids is 1. The number of benzene rings is 1. The van der Waals surface area contributed by atoms with Gasteiger partial charge >= 0.3 is 0 Å². The molecule has 0 aromatic heterocycles. The van der Waals surface area contributed by atoms with Gasteiger partial charge in [-0.15, -0.1) is 0 Å². The number of halogens is 2. The minimum Gasteiger partial charge on any atom is -0.484 e. The lowest BCUT2D eigenvalue weighted by atomic mass is 10.3. The summed E-state index contributed by atoms with van der Waals surface area (Å²) in [6.45, 7) is 2.48. The van der Waals surface area contributed by atoms with Crippen LogP contribution in [0.15, 0.2) is 22.7 Å². The van der Waals surface area contributed by atoms with Crippen molar-refractivity contribution in [2.45, 2.75) is 6.92 Å². The second kappa shape index (κ2) is 5.98. The monoisotopic (exact) mass is 291 g/mol. The normalized spacial score (nSPS) is 9.80. The first-order chi connectivity index (χ1) is 7.13. The molecule has 0 fully saturated rings. The number of rotatable bonds is 4. The Morgan fingerprint density at radius 2 is 2.33 bits per heavy atom. The summed E-state index contributed by atoms with van der Waals surface area (Å²) >= 11 is 9.08. The van der Waals surface area contributed by atoms with Gasteiger partial charge in [-0.05, 0) is 41.1 Å². The fraction of sp³-hybridized carbons (Fsp3) is 0.300. The third kappa shape index (κ3) is 4.10. The topological polar surface area (TPSA) is 38.3 Å². The summed E-state index contributed by atoms with van der Waals surface area (Å²) in [6.07, 6.45) is 0. The van der Waals surface area contributed by atoms with Gasteiger partial charge < -0.3 is 10.1 Å². The van der Waals surface area contributed by atoms with E-state index >= 15 is 0 Å². The minimum absolute atomic E-state index is 0.0158. The average Bonchev–Trinajstić information content (AvgIpc) is 2.20. The molecule has 0 aliphatic carbocycles. The Labute approximate surface area is 102 Å². The first kappa shape index (κ1) is 12.3. The first-order valence-electron chi connectivity index (χ1n) is 4.48. The van der Waals surface area contributed by atoms with Gasteiger partial charge in [0.1, 0.15) is 5.75 Å². The number of nitrogens with one attached hydrogen (secondary N) is 1. The number of ether oxygens (including phenoxy) is 1. The van der Waals surface area contributed by atoms with Crippen LogP contribution in [0.5, 0.6) is 5.75 Å². The van der Waals surface area contributed by atoms with Crippen molar-refractivity contribution in [3.63, 3.8) is 0 Å². The van der Waals surface area contributed by atoms with Crippen LogP contribution >= 0.6 is 27.5 Å². The lowest BCUT2D eigenvalue weighted by molar-refractivity contribution is -0.122. The zero-order chi connectivity index (χ0) is 11.3. The molecule has 0 atom stereocenters. The van der Waals surface area contributed by atoms with E-state index in [0.29, 0.717) is 17.3 Å². The predicted molar refractivity (Wildman–Crippen MR) is 63.3 cm³/mol. The van der Waals surface area contributed by atoms with Crippen molar-refractivity contribution in [3.05, 3.63) is 27.7 Å². The molecule has 82 valence electrons. The Kier molecular flexibility index (Phi) is 4.91. The molecule has 1 N–H and O–H groups in total. The summed E-state index contributed by atoms with van der Waals surface area (Å²) in [5, 5.41) is 3.25. The molecule has 0 radical (unpaired) electrons. The predicted octanol–water partition coefficient (Wildman–Crippen LogP) is 2.62. The van der Waals surface area contributed by atoms with Crippen LogP contribution in [-0.2, 0) is 4.79 Å². The van der Waals surface area contributed by atoms with Crippen molar-refractivity contribution in [2.24, 2.45) is 0 Å². The summed E-state index contributed by atoms with van der Waals surface area (Å²) in [5.74, 6) is 0.473. The maximum atomic E-state index is 11.1. The molecule has 1 aromatic carbocycles. The molecule has 0 bridgehead atoms. The molecule has 0 saturated carbocycles. The second-order valence-corrected chi connectivity index (χ2v) is 4.08. The van der Waals surface area contributed by atoms with Crippen LogP contribution in [-0.4, -0.2) is 19.1 Å². The van der Waals surface area contributed by atoms with Crippen molar-refractivity contribution in [1.82, 2.24) is 5.32 Å². The highest BCUT2D eigenvalue weighted by molar-refractivity contribution is 9.10. The number of hydrogen-bond acceptors (Lipinski definition) is 2. The highest BCUT2D eigenvalue weighted by Gasteiger charge is 2.03.